The summed E-state index contributed by atoms with van der Waals surface area (Å²) in [7, 11) is 0. The molecule has 0 unspecified atom stereocenters. The van der Waals surface area contributed by atoms with Crippen LogP contribution in [-0.2, 0) is 4.74 Å². The van der Waals surface area contributed by atoms with Crippen molar-refractivity contribution in [2.24, 2.45) is 0 Å². The topological polar surface area (TPSA) is 49.7 Å². The van der Waals surface area contributed by atoms with Gasteiger partial charge in [-0.2, -0.15) is 0 Å². The van der Waals surface area contributed by atoms with Gasteiger partial charge in [-0.1, -0.05) is 44.2 Å². The normalized spacial score (nSPS) is 13.6. The average molecular weight is 252 g/mol. The molecule has 2 N–H and O–H groups in total. The van der Waals surface area contributed by atoms with E-state index in [1.807, 2.05) is 44.2 Å². The van der Waals surface area contributed by atoms with Crippen molar-refractivity contribution in [2.45, 2.75) is 51.4 Å². The number of benzene rings is 1. The summed E-state index contributed by atoms with van der Waals surface area (Å²) in [5.41, 5.74) is 1.05. The van der Waals surface area contributed by atoms with Gasteiger partial charge in [0, 0.05) is 6.61 Å². The fourth-order valence-corrected chi connectivity index (χ4v) is 1.92. The van der Waals surface area contributed by atoms with Gasteiger partial charge in [-0.05, 0) is 31.2 Å². The molecule has 0 spiro atoms. The van der Waals surface area contributed by atoms with Crippen LogP contribution < -0.4 is 0 Å². The second-order valence-electron chi connectivity index (χ2n) is 4.54. The highest BCUT2D eigenvalue weighted by molar-refractivity contribution is 5.17. The molecular weight excluding hydrogens is 228 g/mol. The van der Waals surface area contributed by atoms with Crippen molar-refractivity contribution in [3.63, 3.8) is 0 Å². The van der Waals surface area contributed by atoms with Gasteiger partial charge in [0.25, 0.3) is 0 Å². The molecule has 0 aliphatic carbocycles. The zero-order chi connectivity index (χ0) is 13.4. The molecule has 0 aromatic heterocycles. The van der Waals surface area contributed by atoms with Crippen LogP contribution in [-0.4, -0.2) is 22.6 Å². The molecule has 0 radical (unpaired) electrons. The molecule has 1 atom stereocenters. The number of aliphatic hydroxyl groups is 2. The van der Waals surface area contributed by atoms with Gasteiger partial charge >= 0.3 is 0 Å². The molecule has 1 aromatic rings. The summed E-state index contributed by atoms with van der Waals surface area (Å²) in [5.74, 6) is -1.07. The number of ether oxygens (including phenoxy) is 1. The quantitative estimate of drug-likeness (QED) is 0.699. The van der Waals surface area contributed by atoms with Crippen LogP contribution >= 0.6 is 0 Å². The first kappa shape index (κ1) is 15.2. The van der Waals surface area contributed by atoms with E-state index in [2.05, 4.69) is 0 Å². The van der Waals surface area contributed by atoms with Gasteiger partial charge in [-0.3, -0.25) is 0 Å². The first-order chi connectivity index (χ1) is 8.65. The van der Waals surface area contributed by atoms with Crippen LogP contribution in [0.15, 0.2) is 30.3 Å². The molecule has 3 nitrogen and oxygen atoms in total. The largest absolute Gasteiger partial charge is 0.396 e. The summed E-state index contributed by atoms with van der Waals surface area (Å²) in [6.07, 6.45) is 2.34. The average Bonchev–Trinajstić information content (AvgIpc) is 2.44. The Morgan fingerprint density at radius 3 is 2.28 bits per heavy atom. The predicted octanol–water partition coefficient (Wildman–Crippen LogP) is 3.03. The van der Waals surface area contributed by atoms with E-state index in [9.17, 15) is 5.11 Å². The SMILES string of the molecule is CCC(O)(CC)O[C@H](CCCO)c1ccccc1. The first-order valence-corrected chi connectivity index (χ1v) is 6.71. The Labute approximate surface area is 109 Å². The fraction of sp³-hybridized carbons (Fsp3) is 0.600. The maximum atomic E-state index is 10.3. The van der Waals surface area contributed by atoms with Crippen molar-refractivity contribution in [3.05, 3.63) is 35.9 Å². The minimum atomic E-state index is -1.07. The molecule has 102 valence electrons. The van der Waals surface area contributed by atoms with Crippen molar-refractivity contribution in [3.8, 4) is 0 Å². The molecule has 0 bridgehead atoms. The Kier molecular flexibility index (Phi) is 6.33. The van der Waals surface area contributed by atoms with E-state index in [1.165, 1.54) is 0 Å². The molecule has 18 heavy (non-hydrogen) atoms. The lowest BCUT2D eigenvalue weighted by molar-refractivity contribution is -0.237. The minimum absolute atomic E-state index is 0.142. The van der Waals surface area contributed by atoms with Gasteiger partial charge in [0.2, 0.25) is 0 Å². The molecule has 1 aromatic carbocycles. The van der Waals surface area contributed by atoms with Gasteiger partial charge in [0.1, 0.15) is 0 Å². The summed E-state index contributed by atoms with van der Waals surface area (Å²) in [6.45, 7) is 3.97. The van der Waals surface area contributed by atoms with Gasteiger partial charge < -0.3 is 14.9 Å². The van der Waals surface area contributed by atoms with Gasteiger partial charge in [0.05, 0.1) is 6.10 Å². The van der Waals surface area contributed by atoms with E-state index in [0.29, 0.717) is 25.7 Å². The molecule has 0 heterocycles. The van der Waals surface area contributed by atoms with Crippen LogP contribution in [0.2, 0.25) is 0 Å². The van der Waals surface area contributed by atoms with Crippen LogP contribution in [0.25, 0.3) is 0 Å². The minimum Gasteiger partial charge on any atom is -0.396 e. The lowest BCUT2D eigenvalue weighted by atomic mass is 10.0. The molecular formula is C15H24O3. The number of aliphatic hydroxyl groups excluding tert-OH is 1. The third kappa shape index (κ3) is 4.41. The van der Waals surface area contributed by atoms with E-state index >= 15 is 0 Å². The van der Waals surface area contributed by atoms with Crippen LogP contribution in [0.3, 0.4) is 0 Å². The van der Waals surface area contributed by atoms with E-state index in [1.54, 1.807) is 0 Å². The van der Waals surface area contributed by atoms with Crippen LogP contribution in [0, 0.1) is 0 Å². The van der Waals surface area contributed by atoms with Gasteiger partial charge in [-0.25, -0.2) is 0 Å². The summed E-state index contributed by atoms with van der Waals surface area (Å²) in [6, 6.07) is 9.86. The second kappa shape index (κ2) is 7.52. The fourth-order valence-electron chi connectivity index (χ4n) is 1.92. The molecule has 0 aliphatic rings. The summed E-state index contributed by atoms with van der Waals surface area (Å²) >= 11 is 0. The standard InChI is InChI=1S/C15H24O3/c1-3-15(17,4-2)18-14(11-8-12-16)13-9-6-5-7-10-13/h5-7,9-10,14,16-17H,3-4,8,11-12H2,1-2H3/t14-/m1/s1. The monoisotopic (exact) mass is 252 g/mol. The first-order valence-electron chi connectivity index (χ1n) is 6.71. The molecule has 0 aliphatic heterocycles. The maximum absolute atomic E-state index is 10.3. The van der Waals surface area contributed by atoms with Crippen molar-refractivity contribution in [2.75, 3.05) is 6.61 Å². The molecule has 3 heteroatoms. The van der Waals surface area contributed by atoms with Crippen LogP contribution in [0.1, 0.15) is 51.2 Å². The molecule has 0 saturated heterocycles. The second-order valence-corrected chi connectivity index (χ2v) is 4.54. The number of hydrogen-bond acceptors (Lipinski definition) is 3. The Morgan fingerprint density at radius 2 is 1.78 bits per heavy atom. The van der Waals surface area contributed by atoms with Crippen molar-refractivity contribution < 1.29 is 14.9 Å². The van der Waals surface area contributed by atoms with Gasteiger partial charge in [0.15, 0.2) is 5.79 Å². The summed E-state index contributed by atoms with van der Waals surface area (Å²) in [5, 5.41) is 19.2. The molecule has 1 rings (SSSR count). The third-order valence-electron chi connectivity index (χ3n) is 3.26. The van der Waals surface area contributed by atoms with Crippen molar-refractivity contribution >= 4 is 0 Å². The molecule has 0 saturated carbocycles. The zero-order valence-electron chi connectivity index (χ0n) is 11.3. The van der Waals surface area contributed by atoms with Crippen molar-refractivity contribution in [1.82, 2.24) is 0 Å². The lowest BCUT2D eigenvalue weighted by Gasteiger charge is -2.31. The lowest BCUT2D eigenvalue weighted by Crippen LogP contribution is -2.32. The smallest absolute Gasteiger partial charge is 0.165 e. The van der Waals surface area contributed by atoms with Crippen molar-refractivity contribution in [1.29, 1.82) is 0 Å². The van der Waals surface area contributed by atoms with Crippen LogP contribution in [0.4, 0.5) is 0 Å². The third-order valence-corrected chi connectivity index (χ3v) is 3.26. The highest BCUT2D eigenvalue weighted by Gasteiger charge is 2.27. The molecule has 0 amide bonds. The zero-order valence-corrected chi connectivity index (χ0v) is 11.3. The Balaban J connectivity index is 2.79. The predicted molar refractivity (Wildman–Crippen MR) is 72.1 cm³/mol. The van der Waals surface area contributed by atoms with E-state index in [0.717, 1.165) is 5.56 Å². The summed E-state index contributed by atoms with van der Waals surface area (Å²) in [4.78, 5) is 0. The van der Waals surface area contributed by atoms with E-state index in [4.69, 9.17) is 9.84 Å². The van der Waals surface area contributed by atoms with Crippen LogP contribution in [0.5, 0.6) is 0 Å². The van der Waals surface area contributed by atoms with E-state index < -0.39 is 5.79 Å². The Bertz CT molecular complexity index is 320. The Morgan fingerprint density at radius 1 is 1.17 bits per heavy atom. The number of rotatable bonds is 8. The van der Waals surface area contributed by atoms with E-state index in [-0.39, 0.29) is 12.7 Å². The maximum Gasteiger partial charge on any atom is 0.165 e. The molecule has 0 fully saturated rings. The van der Waals surface area contributed by atoms with Gasteiger partial charge in [-0.15, -0.1) is 0 Å². The summed E-state index contributed by atoms with van der Waals surface area (Å²) < 4.78 is 5.87. The highest BCUT2D eigenvalue weighted by Crippen LogP contribution is 2.30. The Hall–Kier alpha value is -0.900. The number of hydrogen-bond donors (Lipinski definition) is 2. The highest BCUT2D eigenvalue weighted by atomic mass is 16.6.